The van der Waals surface area contributed by atoms with Gasteiger partial charge in [-0.05, 0) is 55.8 Å². The van der Waals surface area contributed by atoms with Crippen molar-refractivity contribution >= 4 is 5.91 Å². The molecule has 0 spiro atoms. The van der Waals surface area contributed by atoms with Crippen molar-refractivity contribution in [2.75, 3.05) is 19.6 Å². The van der Waals surface area contributed by atoms with Gasteiger partial charge in [0.1, 0.15) is 5.82 Å². The van der Waals surface area contributed by atoms with E-state index in [2.05, 4.69) is 10.3 Å². The molecule has 1 aromatic carbocycles. The summed E-state index contributed by atoms with van der Waals surface area (Å²) in [6.07, 6.45) is 3.56. The third kappa shape index (κ3) is 3.31. The number of pyridine rings is 1. The van der Waals surface area contributed by atoms with Gasteiger partial charge in [-0.3, -0.25) is 9.78 Å². The number of hydrogen-bond donors (Lipinski definition) is 1. The average molecular weight is 378 g/mol. The Bertz CT molecular complexity index is 982. The summed E-state index contributed by atoms with van der Waals surface area (Å²) in [7, 11) is 0. The van der Waals surface area contributed by atoms with Gasteiger partial charge in [-0.2, -0.15) is 0 Å². The average Bonchev–Trinajstić information content (AvgIpc) is 3.03. The van der Waals surface area contributed by atoms with Gasteiger partial charge in [-0.15, -0.1) is 0 Å². The van der Waals surface area contributed by atoms with Crippen LogP contribution in [0.25, 0.3) is 5.69 Å². The molecular formula is C22H23FN4O. The van der Waals surface area contributed by atoms with Gasteiger partial charge in [0.05, 0.1) is 11.6 Å². The maximum absolute atomic E-state index is 13.5. The second-order valence-electron chi connectivity index (χ2n) is 7.10. The first-order valence-corrected chi connectivity index (χ1v) is 9.43. The highest BCUT2D eigenvalue weighted by molar-refractivity contribution is 5.96. The molecule has 0 radical (unpaired) electrons. The SMILES string of the molecule is Cc1cc(C(=O)N2CCNCC2c2cccnc2)c(C)n1-c1ccc(F)cc1. The van der Waals surface area contributed by atoms with Gasteiger partial charge < -0.3 is 14.8 Å². The maximum Gasteiger partial charge on any atom is 0.256 e. The summed E-state index contributed by atoms with van der Waals surface area (Å²) in [5, 5.41) is 3.37. The van der Waals surface area contributed by atoms with Crippen LogP contribution < -0.4 is 5.32 Å². The first kappa shape index (κ1) is 18.4. The Balaban J connectivity index is 1.69. The van der Waals surface area contributed by atoms with Gasteiger partial charge in [0.2, 0.25) is 0 Å². The molecule has 3 aromatic rings. The lowest BCUT2D eigenvalue weighted by molar-refractivity contribution is 0.0633. The zero-order valence-corrected chi connectivity index (χ0v) is 16.0. The molecular weight excluding hydrogens is 355 g/mol. The number of amides is 1. The van der Waals surface area contributed by atoms with E-state index < -0.39 is 0 Å². The normalized spacial score (nSPS) is 17.0. The van der Waals surface area contributed by atoms with Crippen LogP contribution in [0.15, 0.2) is 54.9 Å². The molecule has 6 heteroatoms. The van der Waals surface area contributed by atoms with E-state index in [1.807, 2.05) is 47.7 Å². The van der Waals surface area contributed by atoms with Gasteiger partial charge in [0.15, 0.2) is 0 Å². The first-order chi connectivity index (χ1) is 13.6. The van der Waals surface area contributed by atoms with Crippen molar-refractivity contribution in [3.8, 4) is 5.69 Å². The minimum Gasteiger partial charge on any atom is -0.329 e. The largest absolute Gasteiger partial charge is 0.329 e. The summed E-state index contributed by atoms with van der Waals surface area (Å²) in [6, 6.07) is 12.1. The predicted molar refractivity (Wildman–Crippen MR) is 106 cm³/mol. The quantitative estimate of drug-likeness (QED) is 0.760. The third-order valence-electron chi connectivity index (χ3n) is 5.32. The van der Waals surface area contributed by atoms with Crippen molar-refractivity contribution in [1.29, 1.82) is 0 Å². The van der Waals surface area contributed by atoms with Crippen molar-refractivity contribution < 1.29 is 9.18 Å². The molecule has 1 fully saturated rings. The van der Waals surface area contributed by atoms with Crippen LogP contribution in [-0.4, -0.2) is 40.0 Å². The van der Waals surface area contributed by atoms with E-state index in [9.17, 15) is 9.18 Å². The van der Waals surface area contributed by atoms with Crippen LogP contribution in [0.3, 0.4) is 0 Å². The number of benzene rings is 1. The zero-order chi connectivity index (χ0) is 19.7. The number of carbonyl (C=O) groups is 1. The molecule has 3 heterocycles. The Hall–Kier alpha value is -2.99. The van der Waals surface area contributed by atoms with E-state index in [4.69, 9.17) is 0 Å². The topological polar surface area (TPSA) is 50.2 Å². The van der Waals surface area contributed by atoms with Gasteiger partial charge in [0.25, 0.3) is 5.91 Å². The van der Waals surface area contributed by atoms with E-state index in [0.717, 1.165) is 29.2 Å². The van der Waals surface area contributed by atoms with Gasteiger partial charge in [-0.25, -0.2) is 4.39 Å². The molecule has 1 saturated heterocycles. The molecule has 1 N–H and O–H groups in total. The molecule has 1 amide bonds. The second-order valence-corrected chi connectivity index (χ2v) is 7.10. The van der Waals surface area contributed by atoms with Crippen LogP contribution in [0, 0.1) is 19.7 Å². The van der Waals surface area contributed by atoms with Crippen LogP contribution in [0.1, 0.15) is 33.4 Å². The van der Waals surface area contributed by atoms with Crippen molar-refractivity contribution in [3.63, 3.8) is 0 Å². The Morgan fingerprint density at radius 2 is 2.00 bits per heavy atom. The van der Waals surface area contributed by atoms with Crippen molar-refractivity contribution in [2.24, 2.45) is 0 Å². The summed E-state index contributed by atoms with van der Waals surface area (Å²) >= 11 is 0. The fourth-order valence-corrected chi connectivity index (χ4v) is 3.94. The molecule has 5 nitrogen and oxygen atoms in total. The smallest absolute Gasteiger partial charge is 0.256 e. The summed E-state index contributed by atoms with van der Waals surface area (Å²) in [6.45, 7) is 6.00. The minimum atomic E-state index is -0.275. The summed E-state index contributed by atoms with van der Waals surface area (Å²) in [4.78, 5) is 19.6. The lowest BCUT2D eigenvalue weighted by atomic mass is 10.0. The Morgan fingerprint density at radius 1 is 1.21 bits per heavy atom. The summed E-state index contributed by atoms with van der Waals surface area (Å²) in [5.41, 5.74) is 4.35. The molecule has 4 rings (SSSR count). The van der Waals surface area contributed by atoms with Crippen LogP contribution in [0.2, 0.25) is 0 Å². The molecule has 0 aliphatic carbocycles. The Kier molecular flexibility index (Phi) is 4.96. The first-order valence-electron chi connectivity index (χ1n) is 9.43. The number of hydrogen-bond acceptors (Lipinski definition) is 3. The number of aryl methyl sites for hydroxylation is 1. The van der Waals surface area contributed by atoms with Crippen molar-refractivity contribution in [3.05, 3.63) is 83.2 Å². The number of halogens is 1. The highest BCUT2D eigenvalue weighted by Crippen LogP contribution is 2.27. The Labute approximate surface area is 163 Å². The molecule has 28 heavy (non-hydrogen) atoms. The number of nitrogens with zero attached hydrogens (tertiary/aromatic N) is 3. The molecule has 1 aliphatic heterocycles. The highest BCUT2D eigenvalue weighted by Gasteiger charge is 2.30. The van der Waals surface area contributed by atoms with Crippen molar-refractivity contribution in [1.82, 2.24) is 19.8 Å². The molecule has 0 bridgehead atoms. The Morgan fingerprint density at radius 3 is 2.71 bits per heavy atom. The van der Waals surface area contributed by atoms with Crippen LogP contribution in [0.4, 0.5) is 4.39 Å². The van der Waals surface area contributed by atoms with Crippen LogP contribution >= 0.6 is 0 Å². The minimum absolute atomic E-state index is 0.0109. The number of nitrogens with one attached hydrogen (secondary N) is 1. The zero-order valence-electron chi connectivity index (χ0n) is 16.0. The van der Waals surface area contributed by atoms with Gasteiger partial charge in [-0.1, -0.05) is 6.07 Å². The fourth-order valence-electron chi connectivity index (χ4n) is 3.94. The van der Waals surface area contributed by atoms with E-state index in [1.165, 1.54) is 12.1 Å². The number of aromatic nitrogens is 2. The maximum atomic E-state index is 13.5. The lowest BCUT2D eigenvalue weighted by Crippen LogP contribution is -2.48. The van der Waals surface area contributed by atoms with E-state index in [-0.39, 0.29) is 17.8 Å². The predicted octanol–water partition coefficient (Wildman–Crippen LogP) is 3.41. The number of piperazine rings is 1. The number of rotatable bonds is 3. The van der Waals surface area contributed by atoms with Crippen LogP contribution in [-0.2, 0) is 0 Å². The van der Waals surface area contributed by atoms with E-state index in [1.54, 1.807) is 18.3 Å². The summed E-state index contributed by atoms with van der Waals surface area (Å²) < 4.78 is 15.3. The summed E-state index contributed by atoms with van der Waals surface area (Å²) in [5.74, 6) is -0.264. The van der Waals surface area contributed by atoms with E-state index >= 15 is 0 Å². The highest BCUT2D eigenvalue weighted by atomic mass is 19.1. The molecule has 2 aromatic heterocycles. The molecule has 1 aliphatic rings. The second kappa shape index (κ2) is 7.56. The molecule has 0 saturated carbocycles. The van der Waals surface area contributed by atoms with Crippen LogP contribution in [0.5, 0.6) is 0 Å². The third-order valence-corrected chi connectivity index (χ3v) is 5.32. The van der Waals surface area contributed by atoms with E-state index in [0.29, 0.717) is 18.7 Å². The molecule has 1 unspecified atom stereocenters. The fraction of sp³-hybridized carbons (Fsp3) is 0.273. The molecule has 144 valence electrons. The van der Waals surface area contributed by atoms with Crippen molar-refractivity contribution in [2.45, 2.75) is 19.9 Å². The standard InChI is InChI=1S/C22H23FN4O/c1-15-12-20(16(2)27(15)19-7-5-18(23)6-8-19)22(28)26-11-10-25-14-21(26)17-4-3-9-24-13-17/h3-9,12-13,21,25H,10-11,14H2,1-2H3. The monoisotopic (exact) mass is 378 g/mol. The van der Waals surface area contributed by atoms with Gasteiger partial charge >= 0.3 is 0 Å². The number of carbonyl (C=O) groups excluding carboxylic acids is 1. The molecule has 1 atom stereocenters. The lowest BCUT2D eigenvalue weighted by Gasteiger charge is -2.36. The van der Waals surface area contributed by atoms with Gasteiger partial charge in [0, 0.05) is 49.1 Å².